The topological polar surface area (TPSA) is 75.3 Å². The highest BCUT2D eigenvalue weighted by Gasteiger charge is 2.25. The van der Waals surface area contributed by atoms with Crippen molar-refractivity contribution < 1.29 is 13.6 Å². The van der Waals surface area contributed by atoms with Gasteiger partial charge in [-0.2, -0.15) is 5.10 Å². The monoisotopic (exact) mass is 343 g/mol. The molecule has 1 unspecified atom stereocenters. The second-order valence-electron chi connectivity index (χ2n) is 5.60. The minimum Gasteiger partial charge on any atom is -0.468 e. The molecule has 6 nitrogen and oxygen atoms in total. The Labute approximate surface area is 143 Å². The van der Waals surface area contributed by atoms with Gasteiger partial charge in [0.1, 0.15) is 11.5 Å². The summed E-state index contributed by atoms with van der Waals surface area (Å²) in [6.45, 7) is 1.41. The third-order valence-corrected chi connectivity index (χ3v) is 5.36. The van der Waals surface area contributed by atoms with Gasteiger partial charge in [0, 0.05) is 24.9 Å². The van der Waals surface area contributed by atoms with Gasteiger partial charge >= 0.3 is 0 Å². The van der Waals surface area contributed by atoms with Gasteiger partial charge in [0.15, 0.2) is 11.5 Å². The van der Waals surface area contributed by atoms with Crippen LogP contribution in [0, 0.1) is 0 Å². The number of aromatic amines is 1. The molecule has 0 aromatic carbocycles. The van der Waals surface area contributed by atoms with Crippen molar-refractivity contribution in [3.05, 3.63) is 54.3 Å². The summed E-state index contributed by atoms with van der Waals surface area (Å²) < 4.78 is 10.8. The summed E-state index contributed by atoms with van der Waals surface area (Å²) in [6.07, 6.45) is 4.17. The first-order valence-corrected chi connectivity index (χ1v) is 8.90. The summed E-state index contributed by atoms with van der Waals surface area (Å²) in [4.78, 5) is 14.6. The molecule has 3 aromatic rings. The molecule has 0 spiro atoms. The Bertz CT molecular complexity index is 795. The molecular formula is C17H17N3O3S. The molecule has 1 fully saturated rings. The van der Waals surface area contributed by atoms with E-state index in [-0.39, 0.29) is 5.91 Å². The minimum absolute atomic E-state index is 0.0512. The van der Waals surface area contributed by atoms with Crippen LogP contribution in [0.5, 0.6) is 0 Å². The Morgan fingerprint density at radius 2 is 2.12 bits per heavy atom. The summed E-state index contributed by atoms with van der Waals surface area (Å²) in [6, 6.07) is 9.28. The van der Waals surface area contributed by atoms with Gasteiger partial charge in [-0.05, 0) is 30.7 Å². The van der Waals surface area contributed by atoms with Crippen LogP contribution < -0.4 is 0 Å². The molecular weight excluding hydrogens is 326 g/mol. The molecule has 1 saturated heterocycles. The maximum atomic E-state index is 12.7. The first kappa shape index (κ1) is 15.1. The van der Waals surface area contributed by atoms with Crippen molar-refractivity contribution in [2.45, 2.75) is 11.7 Å². The molecule has 4 heterocycles. The van der Waals surface area contributed by atoms with E-state index in [9.17, 15) is 4.79 Å². The van der Waals surface area contributed by atoms with Gasteiger partial charge in [-0.25, -0.2) is 0 Å². The number of H-pyrrole nitrogens is 1. The minimum atomic E-state index is -0.0512. The lowest BCUT2D eigenvalue weighted by Crippen LogP contribution is -2.33. The number of furan rings is 2. The van der Waals surface area contributed by atoms with Gasteiger partial charge in [-0.1, -0.05) is 0 Å². The Balaban J connectivity index is 1.45. The SMILES string of the molecule is O=C(c1cc(-c2ccco2)[nH]n1)N1CCSC(c2ccco2)CC1. The second kappa shape index (κ2) is 6.60. The van der Waals surface area contributed by atoms with E-state index in [4.69, 9.17) is 8.83 Å². The van der Waals surface area contributed by atoms with E-state index in [1.54, 1.807) is 24.7 Å². The summed E-state index contributed by atoms with van der Waals surface area (Å²) in [5, 5.41) is 7.31. The van der Waals surface area contributed by atoms with Crippen molar-refractivity contribution in [1.82, 2.24) is 15.1 Å². The Hall–Kier alpha value is -2.41. The Morgan fingerprint density at radius 3 is 2.92 bits per heavy atom. The fraction of sp³-hybridized carbons (Fsp3) is 0.294. The third-order valence-electron chi connectivity index (χ3n) is 4.07. The third kappa shape index (κ3) is 2.99. The average Bonchev–Trinajstić information content (AvgIpc) is 3.33. The van der Waals surface area contributed by atoms with Gasteiger partial charge in [0.05, 0.1) is 17.8 Å². The molecule has 1 aliphatic heterocycles. The predicted molar refractivity (Wildman–Crippen MR) is 90.7 cm³/mol. The maximum Gasteiger partial charge on any atom is 0.274 e. The van der Waals surface area contributed by atoms with Crippen LogP contribution in [0.15, 0.2) is 51.7 Å². The molecule has 1 aliphatic rings. The summed E-state index contributed by atoms with van der Waals surface area (Å²) >= 11 is 1.83. The number of nitrogens with one attached hydrogen (secondary N) is 1. The first-order valence-electron chi connectivity index (χ1n) is 7.85. The van der Waals surface area contributed by atoms with Crippen molar-refractivity contribution in [2.24, 2.45) is 0 Å². The van der Waals surface area contributed by atoms with Crippen molar-refractivity contribution >= 4 is 17.7 Å². The average molecular weight is 343 g/mol. The smallest absolute Gasteiger partial charge is 0.274 e. The van der Waals surface area contributed by atoms with Crippen molar-refractivity contribution in [3.8, 4) is 11.5 Å². The lowest BCUT2D eigenvalue weighted by molar-refractivity contribution is 0.0760. The van der Waals surface area contributed by atoms with Gasteiger partial charge in [-0.3, -0.25) is 9.89 Å². The number of hydrogen-bond donors (Lipinski definition) is 1. The number of carbonyl (C=O) groups excluding carboxylic acids is 1. The maximum absolute atomic E-state index is 12.7. The Morgan fingerprint density at radius 1 is 1.25 bits per heavy atom. The summed E-state index contributed by atoms with van der Waals surface area (Å²) in [7, 11) is 0. The van der Waals surface area contributed by atoms with E-state index >= 15 is 0 Å². The molecule has 24 heavy (non-hydrogen) atoms. The largest absolute Gasteiger partial charge is 0.468 e. The van der Waals surface area contributed by atoms with E-state index in [1.807, 2.05) is 34.9 Å². The van der Waals surface area contributed by atoms with Crippen LogP contribution in [0.1, 0.15) is 27.9 Å². The fourth-order valence-corrected chi connectivity index (χ4v) is 4.01. The molecule has 4 rings (SSSR count). The van der Waals surface area contributed by atoms with Crippen LogP contribution in [-0.2, 0) is 0 Å². The number of rotatable bonds is 3. The standard InChI is InChI=1S/C17H17N3O3S/c21-17(13-11-12(18-19-13)14-3-1-8-22-14)20-6-5-16(24-10-7-20)15-4-2-9-23-15/h1-4,8-9,11,16H,5-7,10H2,(H,18,19). The lowest BCUT2D eigenvalue weighted by Gasteiger charge is -2.18. The molecule has 0 saturated carbocycles. The molecule has 1 N–H and O–H groups in total. The molecule has 0 aliphatic carbocycles. The van der Waals surface area contributed by atoms with Gasteiger partial charge in [0.2, 0.25) is 0 Å². The fourth-order valence-electron chi connectivity index (χ4n) is 2.83. The number of amides is 1. The van der Waals surface area contributed by atoms with E-state index in [2.05, 4.69) is 10.2 Å². The Kier molecular flexibility index (Phi) is 4.17. The van der Waals surface area contributed by atoms with Crippen LogP contribution in [0.2, 0.25) is 0 Å². The van der Waals surface area contributed by atoms with Gasteiger partial charge < -0.3 is 13.7 Å². The predicted octanol–water partition coefficient (Wildman–Crippen LogP) is 3.58. The molecule has 3 aromatic heterocycles. The number of aromatic nitrogens is 2. The van der Waals surface area contributed by atoms with Crippen LogP contribution in [0.3, 0.4) is 0 Å². The zero-order chi connectivity index (χ0) is 16.4. The first-order chi connectivity index (χ1) is 11.8. The van der Waals surface area contributed by atoms with Crippen molar-refractivity contribution in [2.75, 3.05) is 18.8 Å². The summed E-state index contributed by atoms with van der Waals surface area (Å²) in [5.41, 5.74) is 1.13. The quantitative estimate of drug-likeness (QED) is 0.786. The van der Waals surface area contributed by atoms with Gasteiger partial charge in [0.25, 0.3) is 5.91 Å². The van der Waals surface area contributed by atoms with Crippen molar-refractivity contribution in [1.29, 1.82) is 0 Å². The zero-order valence-electron chi connectivity index (χ0n) is 13.0. The molecule has 1 amide bonds. The number of carbonyl (C=O) groups is 1. The molecule has 1 atom stereocenters. The van der Waals surface area contributed by atoms with Crippen LogP contribution in [0.4, 0.5) is 0 Å². The number of hydrogen-bond acceptors (Lipinski definition) is 5. The highest BCUT2D eigenvalue weighted by molar-refractivity contribution is 7.99. The zero-order valence-corrected chi connectivity index (χ0v) is 13.8. The second-order valence-corrected chi connectivity index (χ2v) is 6.91. The van der Waals surface area contributed by atoms with Crippen LogP contribution in [-0.4, -0.2) is 39.8 Å². The molecule has 0 radical (unpaired) electrons. The van der Waals surface area contributed by atoms with E-state index < -0.39 is 0 Å². The molecule has 0 bridgehead atoms. The van der Waals surface area contributed by atoms with E-state index in [1.165, 1.54) is 0 Å². The highest BCUT2D eigenvalue weighted by atomic mass is 32.2. The summed E-state index contributed by atoms with van der Waals surface area (Å²) in [5.74, 6) is 2.48. The number of nitrogens with zero attached hydrogens (tertiary/aromatic N) is 2. The normalized spacial score (nSPS) is 18.5. The van der Waals surface area contributed by atoms with Crippen LogP contribution >= 0.6 is 11.8 Å². The molecule has 7 heteroatoms. The van der Waals surface area contributed by atoms with Crippen molar-refractivity contribution in [3.63, 3.8) is 0 Å². The number of thioether (sulfide) groups is 1. The highest BCUT2D eigenvalue weighted by Crippen LogP contribution is 2.34. The lowest BCUT2D eigenvalue weighted by atomic mass is 10.2. The van der Waals surface area contributed by atoms with E-state index in [0.29, 0.717) is 35.5 Å². The van der Waals surface area contributed by atoms with E-state index in [0.717, 1.165) is 17.9 Å². The molecule has 124 valence electrons. The van der Waals surface area contributed by atoms with Crippen LogP contribution in [0.25, 0.3) is 11.5 Å². The van der Waals surface area contributed by atoms with Gasteiger partial charge in [-0.15, -0.1) is 11.8 Å².